The molecular weight excluding hydrogens is 375 g/mol. The number of amides is 1. The topological polar surface area (TPSA) is 93.7 Å². The van der Waals surface area contributed by atoms with Crippen LogP contribution in [0.2, 0.25) is 0 Å². The Bertz CT molecular complexity index is 885. The minimum atomic E-state index is -3.84. The molecule has 0 bridgehead atoms. The highest BCUT2D eigenvalue weighted by Gasteiger charge is 2.19. The largest absolute Gasteiger partial charge is 0.496 e. The third-order valence-electron chi connectivity index (χ3n) is 3.54. The summed E-state index contributed by atoms with van der Waals surface area (Å²) >= 11 is 0. The van der Waals surface area contributed by atoms with Crippen molar-refractivity contribution >= 4 is 15.9 Å². The number of carbonyl (C=O) groups is 1. The van der Waals surface area contributed by atoms with Crippen LogP contribution in [0.15, 0.2) is 47.4 Å². The average Bonchev–Trinajstić information content (AvgIpc) is 2.66. The molecule has 1 amide bonds. The maximum atomic E-state index is 12.8. The van der Waals surface area contributed by atoms with E-state index in [1.807, 2.05) is 0 Å². The summed E-state index contributed by atoms with van der Waals surface area (Å²) in [5.41, 5.74) is 0.129. The number of methoxy groups -OCH3 is 1. The summed E-state index contributed by atoms with van der Waals surface area (Å²) in [4.78, 5) is 12.0. The quantitative estimate of drug-likeness (QED) is 0.632. The van der Waals surface area contributed by atoms with Crippen molar-refractivity contribution in [2.45, 2.75) is 11.8 Å². The molecular formula is C18H21FN2O5S. The molecule has 0 heterocycles. The minimum Gasteiger partial charge on any atom is -0.496 e. The summed E-state index contributed by atoms with van der Waals surface area (Å²) in [5, 5.41) is 2.61. The number of rotatable bonds is 9. The van der Waals surface area contributed by atoms with Gasteiger partial charge in [-0.3, -0.25) is 4.79 Å². The fourth-order valence-electron chi connectivity index (χ4n) is 2.25. The predicted molar refractivity (Wildman–Crippen MR) is 98.1 cm³/mol. The molecule has 0 aliphatic carbocycles. The predicted octanol–water partition coefficient (Wildman–Crippen LogP) is 1.94. The number of ether oxygens (including phenoxy) is 2. The molecule has 9 heteroatoms. The van der Waals surface area contributed by atoms with Crippen LogP contribution in [0.3, 0.4) is 0 Å². The highest BCUT2D eigenvalue weighted by atomic mass is 32.2. The van der Waals surface area contributed by atoms with E-state index < -0.39 is 15.9 Å². The molecule has 0 aromatic heterocycles. The molecule has 2 aromatic carbocycles. The van der Waals surface area contributed by atoms with E-state index in [0.717, 1.165) is 0 Å². The molecule has 0 aliphatic heterocycles. The maximum Gasteiger partial charge on any atom is 0.255 e. The third-order valence-corrected chi connectivity index (χ3v) is 5.00. The molecule has 0 saturated heterocycles. The summed E-state index contributed by atoms with van der Waals surface area (Å²) in [6.45, 7) is 2.22. The Kier molecular flexibility index (Phi) is 7.14. The van der Waals surface area contributed by atoms with E-state index in [0.29, 0.717) is 12.3 Å². The van der Waals surface area contributed by atoms with Gasteiger partial charge in [0.1, 0.15) is 23.9 Å². The molecule has 2 aromatic rings. The Morgan fingerprint density at radius 1 is 1.15 bits per heavy atom. The van der Waals surface area contributed by atoms with Crippen molar-refractivity contribution < 1.29 is 27.1 Å². The highest BCUT2D eigenvalue weighted by molar-refractivity contribution is 7.89. The molecule has 0 radical (unpaired) electrons. The number of nitrogens with one attached hydrogen (secondary N) is 2. The number of sulfonamides is 1. The van der Waals surface area contributed by atoms with E-state index in [9.17, 15) is 17.6 Å². The van der Waals surface area contributed by atoms with Gasteiger partial charge in [-0.2, -0.15) is 0 Å². The zero-order valence-corrected chi connectivity index (χ0v) is 15.8. The lowest BCUT2D eigenvalue weighted by Gasteiger charge is -2.12. The average molecular weight is 396 g/mol. The van der Waals surface area contributed by atoms with E-state index in [1.165, 1.54) is 49.6 Å². The van der Waals surface area contributed by atoms with Gasteiger partial charge in [-0.05, 0) is 49.4 Å². The monoisotopic (exact) mass is 396 g/mol. The Morgan fingerprint density at radius 3 is 2.48 bits per heavy atom. The fraction of sp³-hybridized carbons (Fsp3) is 0.278. The SMILES string of the molecule is CCNC(=O)c1cc(S(=O)(=O)NCCOc2ccc(F)cc2)ccc1OC. The molecule has 0 unspecified atom stereocenters. The lowest BCUT2D eigenvalue weighted by Crippen LogP contribution is -2.29. The molecule has 0 aliphatic rings. The van der Waals surface area contributed by atoms with Gasteiger partial charge in [0.15, 0.2) is 0 Å². The van der Waals surface area contributed by atoms with Gasteiger partial charge in [0.25, 0.3) is 5.91 Å². The van der Waals surface area contributed by atoms with E-state index in [-0.39, 0.29) is 35.2 Å². The van der Waals surface area contributed by atoms with E-state index >= 15 is 0 Å². The molecule has 2 rings (SSSR count). The first-order valence-electron chi connectivity index (χ1n) is 8.21. The van der Waals surface area contributed by atoms with Crippen LogP contribution in [0.4, 0.5) is 4.39 Å². The Hall–Kier alpha value is -2.65. The van der Waals surface area contributed by atoms with Crippen LogP contribution in [0.5, 0.6) is 11.5 Å². The van der Waals surface area contributed by atoms with Gasteiger partial charge in [0, 0.05) is 13.1 Å². The van der Waals surface area contributed by atoms with Crippen LogP contribution in [0, 0.1) is 5.82 Å². The summed E-state index contributed by atoms with van der Waals surface area (Å²) < 4.78 is 50.5. The summed E-state index contributed by atoms with van der Waals surface area (Å²) in [6, 6.07) is 9.43. The van der Waals surface area contributed by atoms with Crippen LogP contribution in [0.25, 0.3) is 0 Å². The van der Waals surface area contributed by atoms with Crippen molar-refractivity contribution in [1.29, 1.82) is 0 Å². The van der Waals surface area contributed by atoms with Crippen molar-refractivity contribution in [3.05, 3.63) is 53.8 Å². The Balaban J connectivity index is 2.03. The lowest BCUT2D eigenvalue weighted by molar-refractivity contribution is 0.0952. The highest BCUT2D eigenvalue weighted by Crippen LogP contribution is 2.22. The zero-order valence-electron chi connectivity index (χ0n) is 15.0. The molecule has 0 atom stereocenters. The first-order valence-corrected chi connectivity index (χ1v) is 9.70. The second kappa shape index (κ2) is 9.33. The zero-order chi connectivity index (χ0) is 19.9. The molecule has 0 spiro atoms. The second-order valence-corrected chi connectivity index (χ2v) is 7.19. The van der Waals surface area contributed by atoms with Gasteiger partial charge >= 0.3 is 0 Å². The van der Waals surface area contributed by atoms with Crippen molar-refractivity contribution in [2.75, 3.05) is 26.8 Å². The molecule has 2 N–H and O–H groups in total. The summed E-state index contributed by atoms with van der Waals surface area (Å²) in [6.07, 6.45) is 0. The second-order valence-electron chi connectivity index (χ2n) is 5.42. The van der Waals surface area contributed by atoms with E-state index in [4.69, 9.17) is 9.47 Å². The van der Waals surface area contributed by atoms with Gasteiger partial charge in [-0.1, -0.05) is 0 Å². The lowest BCUT2D eigenvalue weighted by atomic mass is 10.2. The number of benzene rings is 2. The van der Waals surface area contributed by atoms with E-state index in [1.54, 1.807) is 6.92 Å². The molecule has 7 nitrogen and oxygen atoms in total. The van der Waals surface area contributed by atoms with Crippen LogP contribution in [0.1, 0.15) is 17.3 Å². The third kappa shape index (κ3) is 5.66. The normalized spacial score (nSPS) is 11.1. The summed E-state index contributed by atoms with van der Waals surface area (Å²) in [7, 11) is -2.44. The Morgan fingerprint density at radius 2 is 1.85 bits per heavy atom. The molecule has 0 saturated carbocycles. The van der Waals surface area contributed by atoms with Gasteiger partial charge in [0.2, 0.25) is 10.0 Å². The summed E-state index contributed by atoms with van der Waals surface area (Å²) in [5.74, 6) is -0.102. The number of hydrogen-bond acceptors (Lipinski definition) is 5. The molecule has 27 heavy (non-hydrogen) atoms. The van der Waals surface area contributed by atoms with Gasteiger partial charge in [0.05, 0.1) is 17.6 Å². The van der Waals surface area contributed by atoms with Crippen LogP contribution in [-0.2, 0) is 10.0 Å². The van der Waals surface area contributed by atoms with Crippen LogP contribution < -0.4 is 19.5 Å². The first-order chi connectivity index (χ1) is 12.9. The minimum absolute atomic E-state index is 0.00221. The van der Waals surface area contributed by atoms with Crippen molar-refractivity contribution in [3.8, 4) is 11.5 Å². The first kappa shape index (κ1) is 20.7. The fourth-order valence-corrected chi connectivity index (χ4v) is 3.29. The smallest absolute Gasteiger partial charge is 0.255 e. The number of halogens is 1. The standard InChI is InChI=1S/C18H21FN2O5S/c1-3-20-18(22)16-12-15(8-9-17(16)25-2)27(23,24)21-10-11-26-14-6-4-13(19)5-7-14/h4-9,12,21H,3,10-11H2,1-2H3,(H,20,22). The van der Waals surface area contributed by atoms with Crippen molar-refractivity contribution in [3.63, 3.8) is 0 Å². The van der Waals surface area contributed by atoms with Gasteiger partial charge < -0.3 is 14.8 Å². The number of carbonyl (C=O) groups excluding carboxylic acids is 1. The maximum absolute atomic E-state index is 12.8. The van der Waals surface area contributed by atoms with Gasteiger partial charge in [-0.25, -0.2) is 17.5 Å². The van der Waals surface area contributed by atoms with Crippen LogP contribution >= 0.6 is 0 Å². The molecule has 146 valence electrons. The van der Waals surface area contributed by atoms with E-state index in [2.05, 4.69) is 10.0 Å². The molecule has 0 fully saturated rings. The van der Waals surface area contributed by atoms with Crippen LogP contribution in [-0.4, -0.2) is 41.1 Å². The van der Waals surface area contributed by atoms with Crippen molar-refractivity contribution in [2.24, 2.45) is 0 Å². The van der Waals surface area contributed by atoms with Crippen molar-refractivity contribution in [1.82, 2.24) is 10.0 Å². The van der Waals surface area contributed by atoms with Gasteiger partial charge in [-0.15, -0.1) is 0 Å². The number of hydrogen-bond donors (Lipinski definition) is 2. The Labute approximate surface area is 157 Å².